The molecule has 0 aliphatic carbocycles. The number of aromatic carboxylic acids is 1. The molecule has 6 nitrogen and oxygen atoms in total. The Morgan fingerprint density at radius 2 is 2.04 bits per heavy atom. The summed E-state index contributed by atoms with van der Waals surface area (Å²) >= 11 is 0. The Labute approximate surface area is 134 Å². The summed E-state index contributed by atoms with van der Waals surface area (Å²) in [5.41, 5.74) is 2.30. The Morgan fingerprint density at radius 3 is 2.70 bits per heavy atom. The van der Waals surface area contributed by atoms with E-state index in [1.54, 1.807) is 17.0 Å². The number of fused-ring (bicyclic) bond motifs is 3. The number of benzene rings is 1. The number of carboxylic acids is 1. The van der Waals surface area contributed by atoms with E-state index < -0.39 is 11.6 Å². The smallest absolute Gasteiger partial charge is 0.410 e. The van der Waals surface area contributed by atoms with Crippen molar-refractivity contribution in [3.8, 4) is 0 Å². The number of hydrogen-bond donors (Lipinski definition) is 2. The fourth-order valence-electron chi connectivity index (χ4n) is 2.90. The molecule has 0 saturated carbocycles. The number of nitrogens with zero attached hydrogens (tertiary/aromatic N) is 1. The number of carboxylic acid groups (broad SMARTS) is 1. The second kappa shape index (κ2) is 5.30. The molecule has 6 heteroatoms. The predicted molar refractivity (Wildman–Crippen MR) is 85.6 cm³/mol. The molecule has 0 radical (unpaired) electrons. The van der Waals surface area contributed by atoms with Gasteiger partial charge in [-0.2, -0.15) is 0 Å². The van der Waals surface area contributed by atoms with Crippen molar-refractivity contribution in [1.29, 1.82) is 0 Å². The fourth-order valence-corrected chi connectivity index (χ4v) is 2.90. The second-order valence-electron chi connectivity index (χ2n) is 6.77. The highest BCUT2D eigenvalue weighted by molar-refractivity contribution is 6.03. The van der Waals surface area contributed by atoms with E-state index in [-0.39, 0.29) is 11.7 Å². The summed E-state index contributed by atoms with van der Waals surface area (Å²) < 4.78 is 5.43. The summed E-state index contributed by atoms with van der Waals surface area (Å²) in [5, 5.41) is 10.2. The zero-order valence-electron chi connectivity index (χ0n) is 13.5. The molecule has 1 aromatic heterocycles. The molecule has 1 aliphatic rings. The van der Waals surface area contributed by atoms with Gasteiger partial charge in [-0.1, -0.05) is 12.1 Å². The largest absolute Gasteiger partial charge is 0.478 e. The Balaban J connectivity index is 1.95. The average Bonchev–Trinajstić information content (AvgIpc) is 2.82. The van der Waals surface area contributed by atoms with Gasteiger partial charge in [0.25, 0.3) is 0 Å². The minimum absolute atomic E-state index is 0.251. The van der Waals surface area contributed by atoms with Crippen molar-refractivity contribution in [2.75, 3.05) is 6.54 Å². The average molecular weight is 316 g/mol. The number of aromatic nitrogens is 1. The number of carbonyl (C=O) groups is 2. The van der Waals surface area contributed by atoms with Crippen molar-refractivity contribution in [1.82, 2.24) is 9.88 Å². The van der Waals surface area contributed by atoms with Crippen molar-refractivity contribution in [2.24, 2.45) is 0 Å². The maximum atomic E-state index is 12.3. The molecule has 0 atom stereocenters. The Morgan fingerprint density at radius 1 is 1.30 bits per heavy atom. The molecule has 122 valence electrons. The zero-order valence-corrected chi connectivity index (χ0v) is 13.5. The zero-order chi connectivity index (χ0) is 16.8. The first-order valence-corrected chi connectivity index (χ1v) is 7.60. The molecule has 2 aromatic rings. The number of para-hydroxylation sites is 1. The first kappa shape index (κ1) is 15.4. The second-order valence-corrected chi connectivity index (χ2v) is 6.77. The summed E-state index contributed by atoms with van der Waals surface area (Å²) in [5.74, 6) is -0.960. The number of hydrogen-bond acceptors (Lipinski definition) is 3. The van der Waals surface area contributed by atoms with E-state index in [1.165, 1.54) is 0 Å². The van der Waals surface area contributed by atoms with Crippen LogP contribution in [0.1, 0.15) is 42.4 Å². The van der Waals surface area contributed by atoms with E-state index in [9.17, 15) is 14.7 Å². The third kappa shape index (κ3) is 2.88. The van der Waals surface area contributed by atoms with Crippen LogP contribution in [0.4, 0.5) is 4.79 Å². The predicted octanol–water partition coefficient (Wildman–Crippen LogP) is 3.16. The van der Waals surface area contributed by atoms with Gasteiger partial charge < -0.3 is 19.7 Å². The molecule has 2 heterocycles. The normalized spacial score (nSPS) is 14.7. The molecule has 0 bridgehead atoms. The number of ether oxygens (including phenoxy) is 1. The van der Waals surface area contributed by atoms with E-state index in [0.717, 1.165) is 16.6 Å². The lowest BCUT2D eigenvalue weighted by atomic mass is 10.0. The van der Waals surface area contributed by atoms with Gasteiger partial charge in [0.15, 0.2) is 0 Å². The van der Waals surface area contributed by atoms with E-state index in [1.807, 2.05) is 26.8 Å². The molecule has 1 aromatic carbocycles. The van der Waals surface area contributed by atoms with Crippen molar-refractivity contribution in [2.45, 2.75) is 39.3 Å². The van der Waals surface area contributed by atoms with Gasteiger partial charge >= 0.3 is 12.1 Å². The highest BCUT2D eigenvalue weighted by atomic mass is 16.6. The molecule has 1 amide bonds. The SMILES string of the molecule is CC(C)(C)OC(=O)N1CCc2[nH]c3c(C(=O)O)cccc3c2C1. The standard InChI is InChI=1S/C17H20N2O4/c1-17(2,3)23-16(22)19-8-7-13-12(9-19)10-5-4-6-11(15(20)21)14(10)18-13/h4-6,18H,7-9H2,1-3H3,(H,20,21). The van der Waals surface area contributed by atoms with Crippen LogP contribution in [0.3, 0.4) is 0 Å². The van der Waals surface area contributed by atoms with Crippen LogP contribution in [0, 0.1) is 0 Å². The van der Waals surface area contributed by atoms with Gasteiger partial charge in [0.2, 0.25) is 0 Å². The summed E-state index contributed by atoms with van der Waals surface area (Å²) in [7, 11) is 0. The molecule has 0 fully saturated rings. The molecule has 0 spiro atoms. The van der Waals surface area contributed by atoms with Crippen LogP contribution >= 0.6 is 0 Å². The van der Waals surface area contributed by atoms with Crippen LogP contribution in [0.25, 0.3) is 10.9 Å². The molecular weight excluding hydrogens is 296 g/mol. The quantitative estimate of drug-likeness (QED) is 0.846. The first-order valence-electron chi connectivity index (χ1n) is 7.60. The summed E-state index contributed by atoms with van der Waals surface area (Å²) in [6.45, 7) is 6.49. The van der Waals surface area contributed by atoms with Gasteiger partial charge in [0.1, 0.15) is 5.60 Å². The Kier molecular flexibility index (Phi) is 3.55. The number of nitrogens with one attached hydrogen (secondary N) is 1. The fraction of sp³-hybridized carbons (Fsp3) is 0.412. The van der Waals surface area contributed by atoms with E-state index in [0.29, 0.717) is 25.0 Å². The monoisotopic (exact) mass is 316 g/mol. The summed E-state index contributed by atoms with van der Waals surface area (Å²) in [4.78, 5) is 28.5. The minimum Gasteiger partial charge on any atom is -0.478 e. The molecule has 3 rings (SSSR count). The van der Waals surface area contributed by atoms with E-state index >= 15 is 0 Å². The van der Waals surface area contributed by atoms with Crippen LogP contribution < -0.4 is 0 Å². The van der Waals surface area contributed by atoms with Gasteiger partial charge in [-0.15, -0.1) is 0 Å². The lowest BCUT2D eigenvalue weighted by Gasteiger charge is -2.30. The molecule has 0 unspecified atom stereocenters. The van der Waals surface area contributed by atoms with Crippen LogP contribution in [-0.2, 0) is 17.7 Å². The van der Waals surface area contributed by atoms with Crippen molar-refractivity contribution >= 4 is 23.0 Å². The minimum atomic E-state index is -0.960. The number of carbonyl (C=O) groups excluding carboxylic acids is 1. The van der Waals surface area contributed by atoms with Crippen molar-refractivity contribution < 1.29 is 19.4 Å². The lowest BCUT2D eigenvalue weighted by molar-refractivity contribution is 0.0224. The molecule has 1 aliphatic heterocycles. The number of amides is 1. The Hall–Kier alpha value is -2.50. The van der Waals surface area contributed by atoms with Crippen LogP contribution in [-0.4, -0.2) is 39.2 Å². The highest BCUT2D eigenvalue weighted by Crippen LogP contribution is 2.30. The third-order valence-electron chi connectivity index (χ3n) is 3.89. The maximum Gasteiger partial charge on any atom is 0.410 e. The molecular formula is C17H20N2O4. The highest BCUT2D eigenvalue weighted by Gasteiger charge is 2.28. The third-order valence-corrected chi connectivity index (χ3v) is 3.89. The lowest BCUT2D eigenvalue weighted by Crippen LogP contribution is -2.39. The van der Waals surface area contributed by atoms with Crippen molar-refractivity contribution in [3.63, 3.8) is 0 Å². The van der Waals surface area contributed by atoms with Crippen molar-refractivity contribution in [3.05, 3.63) is 35.0 Å². The van der Waals surface area contributed by atoms with Crippen LogP contribution in [0.5, 0.6) is 0 Å². The summed E-state index contributed by atoms with van der Waals surface area (Å²) in [6, 6.07) is 5.19. The van der Waals surface area contributed by atoms with E-state index in [4.69, 9.17) is 4.74 Å². The van der Waals surface area contributed by atoms with Gasteiger partial charge in [0, 0.05) is 29.6 Å². The Bertz CT molecular complexity index is 786. The van der Waals surface area contributed by atoms with E-state index in [2.05, 4.69) is 4.98 Å². The molecule has 2 N–H and O–H groups in total. The van der Waals surface area contributed by atoms with Gasteiger partial charge in [-0.25, -0.2) is 9.59 Å². The first-order chi connectivity index (χ1) is 10.8. The van der Waals surface area contributed by atoms with Gasteiger partial charge in [0.05, 0.1) is 17.6 Å². The van der Waals surface area contributed by atoms with Crippen LogP contribution in [0.15, 0.2) is 18.2 Å². The summed E-state index contributed by atoms with van der Waals surface area (Å²) in [6.07, 6.45) is 0.314. The van der Waals surface area contributed by atoms with Gasteiger partial charge in [-0.3, -0.25) is 0 Å². The number of rotatable bonds is 1. The molecule has 0 saturated heterocycles. The van der Waals surface area contributed by atoms with Gasteiger partial charge in [-0.05, 0) is 26.8 Å². The number of H-pyrrole nitrogens is 1. The topological polar surface area (TPSA) is 82.6 Å². The molecule has 23 heavy (non-hydrogen) atoms. The number of aromatic amines is 1. The van der Waals surface area contributed by atoms with Crippen LogP contribution in [0.2, 0.25) is 0 Å². The maximum absolute atomic E-state index is 12.3.